The molecule has 0 aliphatic carbocycles. The largest absolute Gasteiger partial charge is 0.370 e. The molecule has 0 aromatic heterocycles. The molecule has 2 aromatic rings. The van der Waals surface area contributed by atoms with Crippen LogP contribution in [0.3, 0.4) is 0 Å². The lowest BCUT2D eigenvalue weighted by Gasteiger charge is -2.07. The second kappa shape index (κ2) is 6.91. The highest BCUT2D eigenvalue weighted by Crippen LogP contribution is 2.26. The van der Waals surface area contributed by atoms with Crippen LogP contribution in [0.15, 0.2) is 59.1 Å². The molecular weight excluding hydrogens is 298 g/mol. The average molecular weight is 314 g/mol. The van der Waals surface area contributed by atoms with Crippen molar-refractivity contribution in [1.29, 1.82) is 0 Å². The van der Waals surface area contributed by atoms with Crippen LogP contribution < -0.4 is 11.5 Å². The Morgan fingerprint density at radius 2 is 1.73 bits per heavy atom. The second-order valence-corrected chi connectivity index (χ2v) is 5.20. The van der Waals surface area contributed by atoms with E-state index < -0.39 is 5.91 Å². The van der Waals surface area contributed by atoms with Crippen LogP contribution in [0.25, 0.3) is 17.2 Å². The van der Waals surface area contributed by atoms with Crippen molar-refractivity contribution < 1.29 is 4.79 Å². The highest BCUT2D eigenvalue weighted by Gasteiger charge is 2.07. The van der Waals surface area contributed by atoms with Crippen molar-refractivity contribution in [2.75, 3.05) is 0 Å². The quantitative estimate of drug-likeness (QED) is 0.518. The van der Waals surface area contributed by atoms with Crippen molar-refractivity contribution in [2.45, 2.75) is 6.92 Å². The Bertz CT molecular complexity index is 745. The highest BCUT2D eigenvalue weighted by molar-refractivity contribution is 6.30. The van der Waals surface area contributed by atoms with E-state index >= 15 is 0 Å². The van der Waals surface area contributed by atoms with Gasteiger partial charge in [0.2, 0.25) is 0 Å². The maximum absolute atomic E-state index is 11.8. The first-order valence-corrected chi connectivity index (χ1v) is 7.02. The fourth-order valence-electron chi connectivity index (χ4n) is 2.02. The minimum Gasteiger partial charge on any atom is -0.370 e. The molecule has 5 heteroatoms. The van der Waals surface area contributed by atoms with Gasteiger partial charge in [0.05, 0.1) is 0 Å². The van der Waals surface area contributed by atoms with Gasteiger partial charge in [0, 0.05) is 10.6 Å². The van der Waals surface area contributed by atoms with E-state index in [0.29, 0.717) is 10.6 Å². The van der Waals surface area contributed by atoms with Crippen molar-refractivity contribution in [3.05, 3.63) is 64.7 Å². The number of aliphatic imine (C=N–C) groups is 1. The summed E-state index contributed by atoms with van der Waals surface area (Å²) in [6, 6.07) is 15.3. The predicted octanol–water partition coefficient (Wildman–Crippen LogP) is 3.21. The van der Waals surface area contributed by atoms with Crippen LogP contribution in [-0.2, 0) is 4.79 Å². The normalized spacial score (nSPS) is 11.1. The van der Waals surface area contributed by atoms with Crippen molar-refractivity contribution in [3.8, 4) is 11.1 Å². The molecule has 0 unspecified atom stereocenters. The van der Waals surface area contributed by atoms with Crippen LogP contribution in [-0.4, -0.2) is 11.9 Å². The molecule has 0 fully saturated rings. The Balaban J connectivity index is 2.43. The molecule has 1 amide bonds. The van der Waals surface area contributed by atoms with Crippen molar-refractivity contribution in [2.24, 2.45) is 16.5 Å². The van der Waals surface area contributed by atoms with Gasteiger partial charge in [0.25, 0.3) is 5.91 Å². The van der Waals surface area contributed by atoms with Gasteiger partial charge in [-0.3, -0.25) is 4.79 Å². The lowest BCUT2D eigenvalue weighted by Crippen LogP contribution is -2.24. The number of nitrogens with two attached hydrogens (primary N) is 2. The maximum atomic E-state index is 11.8. The van der Waals surface area contributed by atoms with Gasteiger partial charge < -0.3 is 11.5 Å². The Morgan fingerprint density at radius 3 is 2.36 bits per heavy atom. The van der Waals surface area contributed by atoms with Crippen LogP contribution in [0.2, 0.25) is 5.02 Å². The Hall–Kier alpha value is -2.59. The topological polar surface area (TPSA) is 81.5 Å². The molecule has 0 saturated heterocycles. The molecule has 0 aliphatic heterocycles. The van der Waals surface area contributed by atoms with Crippen LogP contribution in [0.4, 0.5) is 0 Å². The average Bonchev–Trinajstić information content (AvgIpc) is 2.48. The predicted molar refractivity (Wildman–Crippen MR) is 91.4 cm³/mol. The number of halogens is 1. The lowest BCUT2D eigenvalue weighted by molar-refractivity contribution is -0.114. The number of hydrogen-bond donors (Lipinski definition) is 2. The van der Waals surface area contributed by atoms with Gasteiger partial charge in [-0.25, -0.2) is 0 Å². The third-order valence-electron chi connectivity index (χ3n) is 3.06. The molecule has 0 aliphatic rings. The fourth-order valence-corrected chi connectivity index (χ4v) is 2.14. The maximum Gasteiger partial charge on any atom is 0.275 e. The first-order valence-electron chi connectivity index (χ1n) is 6.64. The molecule has 22 heavy (non-hydrogen) atoms. The standard InChI is InChI=1S/C17H16ClN3O/c1-11(16(22)21-17(19)20)10-13-4-2-3-5-15(13)12-6-8-14(18)9-7-12/h2-10H,1H3,(H4,19,20,21,22)/b11-10+. The molecule has 0 saturated carbocycles. The highest BCUT2D eigenvalue weighted by atomic mass is 35.5. The summed E-state index contributed by atoms with van der Waals surface area (Å²) in [7, 11) is 0. The lowest BCUT2D eigenvalue weighted by atomic mass is 9.98. The monoisotopic (exact) mass is 313 g/mol. The second-order valence-electron chi connectivity index (χ2n) is 4.76. The fraction of sp³-hybridized carbons (Fsp3) is 0.0588. The van der Waals surface area contributed by atoms with Crippen molar-refractivity contribution in [3.63, 3.8) is 0 Å². The van der Waals surface area contributed by atoms with Gasteiger partial charge in [-0.2, -0.15) is 4.99 Å². The van der Waals surface area contributed by atoms with E-state index in [1.807, 2.05) is 48.5 Å². The molecular formula is C17H16ClN3O. The first-order chi connectivity index (χ1) is 10.5. The van der Waals surface area contributed by atoms with Gasteiger partial charge in [0.15, 0.2) is 5.96 Å². The number of rotatable bonds is 3. The van der Waals surface area contributed by atoms with Gasteiger partial charge in [-0.05, 0) is 41.8 Å². The minimum absolute atomic E-state index is 0.247. The summed E-state index contributed by atoms with van der Waals surface area (Å²) in [4.78, 5) is 15.4. The van der Waals surface area contributed by atoms with E-state index in [4.69, 9.17) is 23.1 Å². The molecule has 0 spiro atoms. The molecule has 2 rings (SSSR count). The number of nitrogens with zero attached hydrogens (tertiary/aromatic N) is 1. The summed E-state index contributed by atoms with van der Waals surface area (Å²) in [6.07, 6.45) is 1.76. The van der Waals surface area contributed by atoms with Crippen molar-refractivity contribution in [1.82, 2.24) is 0 Å². The zero-order chi connectivity index (χ0) is 16.1. The summed E-state index contributed by atoms with van der Waals surface area (Å²) in [5, 5.41) is 0.677. The van der Waals surface area contributed by atoms with E-state index in [9.17, 15) is 4.79 Å². The van der Waals surface area contributed by atoms with E-state index in [1.54, 1.807) is 13.0 Å². The van der Waals surface area contributed by atoms with Crippen LogP contribution in [0.1, 0.15) is 12.5 Å². The van der Waals surface area contributed by atoms with Crippen LogP contribution >= 0.6 is 11.6 Å². The number of amides is 1. The van der Waals surface area contributed by atoms with E-state index in [0.717, 1.165) is 16.7 Å². The SMILES string of the molecule is C/C(=C\c1ccccc1-c1ccc(Cl)cc1)C(=O)N=C(N)N. The zero-order valence-corrected chi connectivity index (χ0v) is 12.8. The Kier molecular flexibility index (Phi) is 4.96. The molecule has 112 valence electrons. The van der Waals surface area contributed by atoms with Gasteiger partial charge in [-0.1, -0.05) is 48.0 Å². The zero-order valence-electron chi connectivity index (χ0n) is 12.1. The minimum atomic E-state index is -0.453. The molecule has 4 N–H and O–H groups in total. The van der Waals surface area contributed by atoms with E-state index in [2.05, 4.69) is 4.99 Å². The summed E-state index contributed by atoms with van der Waals surface area (Å²) in [5.41, 5.74) is 13.8. The molecule has 0 radical (unpaired) electrons. The molecule has 2 aromatic carbocycles. The molecule has 0 bridgehead atoms. The number of guanidine groups is 1. The summed E-state index contributed by atoms with van der Waals surface area (Å²) in [5.74, 6) is -0.699. The van der Waals surface area contributed by atoms with Crippen LogP contribution in [0, 0.1) is 0 Å². The first kappa shape index (κ1) is 15.8. The molecule has 4 nitrogen and oxygen atoms in total. The van der Waals surface area contributed by atoms with E-state index in [1.165, 1.54) is 0 Å². The number of carbonyl (C=O) groups excluding carboxylic acids is 1. The van der Waals surface area contributed by atoms with Gasteiger partial charge in [0.1, 0.15) is 0 Å². The smallest absolute Gasteiger partial charge is 0.275 e. The molecule has 0 atom stereocenters. The number of benzene rings is 2. The summed E-state index contributed by atoms with van der Waals surface area (Å²) >= 11 is 5.92. The molecule has 0 heterocycles. The van der Waals surface area contributed by atoms with E-state index in [-0.39, 0.29) is 5.96 Å². The number of carbonyl (C=O) groups is 1. The summed E-state index contributed by atoms with van der Waals surface area (Å²) in [6.45, 7) is 1.67. The Morgan fingerprint density at radius 1 is 1.09 bits per heavy atom. The number of hydrogen-bond acceptors (Lipinski definition) is 1. The summed E-state index contributed by atoms with van der Waals surface area (Å²) < 4.78 is 0. The van der Waals surface area contributed by atoms with Gasteiger partial charge in [-0.15, -0.1) is 0 Å². The van der Waals surface area contributed by atoms with Crippen LogP contribution in [0.5, 0.6) is 0 Å². The third-order valence-corrected chi connectivity index (χ3v) is 3.31. The van der Waals surface area contributed by atoms with Crippen molar-refractivity contribution >= 4 is 29.5 Å². The third kappa shape index (κ3) is 3.96. The van der Waals surface area contributed by atoms with Gasteiger partial charge >= 0.3 is 0 Å². The Labute approximate surface area is 134 Å².